The predicted octanol–water partition coefficient (Wildman–Crippen LogP) is 3.03. The number of rotatable bonds is 11. The quantitative estimate of drug-likeness (QED) is 0.190. The third-order valence-electron chi connectivity index (χ3n) is 8.30. The molecule has 264 valence electrons. The fourth-order valence-corrected chi connectivity index (χ4v) is 5.74. The van der Waals surface area contributed by atoms with Crippen molar-refractivity contribution in [3.05, 3.63) is 83.8 Å². The summed E-state index contributed by atoms with van der Waals surface area (Å²) < 4.78 is 16.7. The number of aliphatic hydroxyl groups excluding tert-OH is 1. The molecule has 0 aromatic rings. The number of aliphatic hydroxyl groups is 1. The lowest BCUT2D eigenvalue weighted by Crippen LogP contribution is -2.39. The fraction of sp³-hybridized carbons (Fsp3) is 0.500. The lowest BCUT2D eigenvalue weighted by molar-refractivity contribution is -0.120. The van der Waals surface area contributed by atoms with E-state index in [0.29, 0.717) is 38.2 Å². The maximum atomic E-state index is 13.9. The van der Waals surface area contributed by atoms with Gasteiger partial charge in [-0.2, -0.15) is 0 Å². The number of Topliss-reactive ketones (excluding diaryl/α,β-unsaturated/α-hetero) is 1. The van der Waals surface area contributed by atoms with E-state index >= 15 is 0 Å². The molecule has 48 heavy (non-hydrogen) atoms. The van der Waals surface area contributed by atoms with Crippen molar-refractivity contribution < 1.29 is 38.5 Å². The molecular formula is C36H52N4O8. The maximum absolute atomic E-state index is 13.9. The molecule has 2 rings (SSSR count). The Kier molecular flexibility index (Phi) is 16.4. The fourth-order valence-electron chi connectivity index (χ4n) is 5.74. The van der Waals surface area contributed by atoms with E-state index in [1.165, 1.54) is 20.3 Å². The second-order valence-electron chi connectivity index (χ2n) is 12.2. The molecule has 1 aliphatic carbocycles. The average molecular weight is 669 g/mol. The molecule has 6 atom stereocenters. The highest BCUT2D eigenvalue weighted by Crippen LogP contribution is 2.29. The number of ether oxygens (including phenoxy) is 3. The predicted molar refractivity (Wildman–Crippen MR) is 184 cm³/mol. The van der Waals surface area contributed by atoms with Crippen molar-refractivity contribution in [3.8, 4) is 0 Å². The van der Waals surface area contributed by atoms with Gasteiger partial charge in [-0.3, -0.25) is 19.3 Å². The molecule has 0 saturated heterocycles. The van der Waals surface area contributed by atoms with Crippen molar-refractivity contribution in [1.82, 2.24) is 15.5 Å². The highest BCUT2D eigenvalue weighted by atomic mass is 16.6. The summed E-state index contributed by atoms with van der Waals surface area (Å²) in [5.41, 5.74) is 6.49. The number of nitrogens with one attached hydrogen (secondary N) is 2. The molecule has 2 bridgehead atoms. The highest BCUT2D eigenvalue weighted by Gasteiger charge is 2.33. The molecule has 1 heterocycles. The SMILES string of the molecule is C=CCN(CC=C)CCNC1=C2C[C@@H](C)C[C@H](OC)[C@H](O)[C@@H](C)/C=C(\C)[C@H](OC(N)=O)[C@@H](OC)/C=C\C=C(/C)C(=O)NC(=CC1=O)C2=O. The number of methoxy groups -OCH3 is 2. The van der Waals surface area contributed by atoms with Gasteiger partial charge in [0.2, 0.25) is 11.6 Å². The van der Waals surface area contributed by atoms with Crippen molar-refractivity contribution in [2.24, 2.45) is 17.6 Å². The Morgan fingerprint density at radius 1 is 1.15 bits per heavy atom. The Morgan fingerprint density at radius 3 is 2.40 bits per heavy atom. The summed E-state index contributed by atoms with van der Waals surface area (Å²) >= 11 is 0. The Bertz CT molecular complexity index is 1350. The third kappa shape index (κ3) is 11.6. The number of amides is 2. The van der Waals surface area contributed by atoms with Crippen LogP contribution < -0.4 is 16.4 Å². The molecular weight excluding hydrogens is 616 g/mol. The van der Waals surface area contributed by atoms with E-state index in [0.717, 1.165) is 6.08 Å². The lowest BCUT2D eigenvalue weighted by atomic mass is 9.85. The van der Waals surface area contributed by atoms with Gasteiger partial charge in [-0.1, -0.05) is 50.3 Å². The van der Waals surface area contributed by atoms with Gasteiger partial charge in [-0.15, -0.1) is 13.2 Å². The molecule has 0 radical (unpaired) electrons. The third-order valence-corrected chi connectivity index (χ3v) is 8.30. The van der Waals surface area contributed by atoms with Gasteiger partial charge >= 0.3 is 6.09 Å². The zero-order valence-electron chi connectivity index (χ0n) is 29.0. The molecule has 0 aromatic carbocycles. The largest absolute Gasteiger partial charge is 0.439 e. The number of primary amides is 1. The van der Waals surface area contributed by atoms with Crippen LogP contribution in [0.25, 0.3) is 0 Å². The van der Waals surface area contributed by atoms with E-state index in [9.17, 15) is 24.3 Å². The molecule has 0 fully saturated rings. The number of ketones is 2. The Morgan fingerprint density at radius 2 is 1.81 bits per heavy atom. The molecule has 5 N–H and O–H groups in total. The maximum Gasteiger partial charge on any atom is 0.405 e. The first kappa shape index (κ1) is 40.1. The van der Waals surface area contributed by atoms with Gasteiger partial charge in [0.05, 0.1) is 23.6 Å². The molecule has 0 spiro atoms. The number of nitrogens with two attached hydrogens (primary N) is 1. The first-order valence-corrected chi connectivity index (χ1v) is 16.0. The van der Waals surface area contributed by atoms with Gasteiger partial charge in [0.15, 0.2) is 6.10 Å². The van der Waals surface area contributed by atoms with Gasteiger partial charge in [0.25, 0.3) is 5.91 Å². The molecule has 12 heteroatoms. The van der Waals surface area contributed by atoms with E-state index in [4.69, 9.17) is 19.9 Å². The zero-order valence-corrected chi connectivity index (χ0v) is 29.0. The minimum absolute atomic E-state index is 0.131. The van der Waals surface area contributed by atoms with Crippen LogP contribution in [0.4, 0.5) is 4.79 Å². The monoisotopic (exact) mass is 668 g/mol. The summed E-state index contributed by atoms with van der Waals surface area (Å²) in [4.78, 5) is 54.4. The summed E-state index contributed by atoms with van der Waals surface area (Å²) in [6.07, 6.45) is 7.31. The number of allylic oxidation sites excluding steroid dienone is 4. The van der Waals surface area contributed by atoms with E-state index in [1.54, 1.807) is 44.2 Å². The van der Waals surface area contributed by atoms with Crippen LogP contribution in [0.1, 0.15) is 40.5 Å². The van der Waals surface area contributed by atoms with Crippen molar-refractivity contribution in [3.63, 3.8) is 0 Å². The summed E-state index contributed by atoms with van der Waals surface area (Å²) in [6.45, 7) is 16.8. The number of carbonyl (C=O) groups excluding carboxylic acids is 4. The minimum Gasteiger partial charge on any atom is -0.439 e. The van der Waals surface area contributed by atoms with Gasteiger partial charge in [-0.05, 0) is 38.2 Å². The van der Waals surface area contributed by atoms with Crippen molar-refractivity contribution in [1.29, 1.82) is 0 Å². The Labute approximate surface area is 284 Å². The number of hydrogen-bond donors (Lipinski definition) is 4. The topological polar surface area (TPSA) is 170 Å². The number of hydrogen-bond acceptors (Lipinski definition) is 10. The van der Waals surface area contributed by atoms with Crippen LogP contribution in [0.15, 0.2) is 83.8 Å². The molecule has 2 aliphatic rings. The smallest absolute Gasteiger partial charge is 0.405 e. The highest BCUT2D eigenvalue weighted by molar-refractivity contribution is 6.23. The first-order valence-electron chi connectivity index (χ1n) is 16.0. The summed E-state index contributed by atoms with van der Waals surface area (Å²) in [5.74, 6) is -2.16. The zero-order chi connectivity index (χ0) is 36.0. The van der Waals surface area contributed by atoms with Crippen LogP contribution in [0, 0.1) is 11.8 Å². The van der Waals surface area contributed by atoms with Gasteiger partial charge in [-0.25, -0.2) is 4.79 Å². The summed E-state index contributed by atoms with van der Waals surface area (Å²) in [5, 5.41) is 17.1. The lowest BCUT2D eigenvalue weighted by Gasteiger charge is -2.30. The van der Waals surface area contributed by atoms with Gasteiger partial charge < -0.3 is 35.7 Å². The van der Waals surface area contributed by atoms with Crippen molar-refractivity contribution in [2.45, 2.75) is 65.0 Å². The second kappa shape index (κ2) is 19.7. The van der Waals surface area contributed by atoms with Crippen LogP contribution in [0.5, 0.6) is 0 Å². The number of fused-ring (bicyclic) bond motifs is 2. The standard InChI is InChI=1S/C36H52N4O8/c1-9-15-40(16-10-2)17-14-38-31-26-18-22(3)19-30(47-8)32(42)24(5)20-25(6)34(48-36(37)45)29(46-7)13-11-12-23(4)35(44)39-27(33(26)43)21-28(31)41/h9-13,20-22,24,29-30,32,34,38,42H,1-2,14-19H2,3-8H3,(H2,37,45)(H,39,44)/b13-11-,23-12+,25-20+/t22-,24+,29+,30+,32-,34+/m1/s1. The van der Waals surface area contributed by atoms with Crippen LogP contribution in [0.3, 0.4) is 0 Å². The van der Waals surface area contributed by atoms with Crippen LogP contribution in [-0.2, 0) is 28.6 Å². The van der Waals surface area contributed by atoms with Gasteiger partial charge in [0.1, 0.15) is 6.10 Å². The van der Waals surface area contributed by atoms with E-state index < -0.39 is 53.9 Å². The van der Waals surface area contributed by atoms with Crippen LogP contribution >= 0.6 is 0 Å². The van der Waals surface area contributed by atoms with Crippen molar-refractivity contribution >= 4 is 23.6 Å². The average Bonchev–Trinajstić information content (AvgIpc) is 3.03. The van der Waals surface area contributed by atoms with Crippen LogP contribution in [-0.4, -0.2) is 98.4 Å². The molecule has 1 aliphatic heterocycles. The Hall–Kier alpha value is -4.10. The number of nitrogens with zero attached hydrogens (tertiary/aromatic N) is 1. The van der Waals surface area contributed by atoms with Crippen LogP contribution in [0.2, 0.25) is 0 Å². The Balaban J connectivity index is 2.58. The van der Waals surface area contributed by atoms with Gasteiger partial charge in [0, 0.05) is 63.5 Å². The summed E-state index contributed by atoms with van der Waals surface area (Å²) in [7, 11) is 2.93. The number of carbonyl (C=O) groups is 4. The first-order chi connectivity index (χ1) is 22.8. The normalized spacial score (nSPS) is 29.2. The molecule has 0 saturated carbocycles. The summed E-state index contributed by atoms with van der Waals surface area (Å²) in [6, 6.07) is 0. The van der Waals surface area contributed by atoms with E-state index in [-0.39, 0.29) is 34.9 Å². The molecule has 2 amide bonds. The second-order valence-corrected chi connectivity index (χ2v) is 12.2. The van der Waals surface area contributed by atoms with Crippen molar-refractivity contribution in [2.75, 3.05) is 40.4 Å². The molecule has 0 aromatic heterocycles. The van der Waals surface area contributed by atoms with E-state index in [1.807, 2.05) is 13.8 Å². The van der Waals surface area contributed by atoms with E-state index in [2.05, 4.69) is 28.7 Å². The minimum atomic E-state index is -1.00. The molecule has 12 nitrogen and oxygen atoms in total. The molecule has 0 unspecified atom stereocenters.